The largest absolute Gasteiger partial charge is 0.489 e. The number of carbonyl (C=O) groups is 1. The lowest BCUT2D eigenvalue weighted by Gasteiger charge is -2.49. The number of urea groups is 1. The highest BCUT2D eigenvalue weighted by Crippen LogP contribution is 2.42. The summed E-state index contributed by atoms with van der Waals surface area (Å²) in [4.78, 5) is 23.8. The first kappa shape index (κ1) is 17.8. The van der Waals surface area contributed by atoms with Gasteiger partial charge in [-0.3, -0.25) is 14.8 Å². The molecule has 3 aliphatic heterocycles. The van der Waals surface area contributed by atoms with Crippen LogP contribution in [0.2, 0.25) is 5.02 Å². The van der Waals surface area contributed by atoms with E-state index in [9.17, 15) is 4.79 Å². The van der Waals surface area contributed by atoms with Crippen molar-refractivity contribution in [3.63, 3.8) is 0 Å². The highest BCUT2D eigenvalue weighted by molar-refractivity contribution is 6.30. The molecule has 0 atom stereocenters. The average molecular weight is 399 g/mol. The number of aromatic nitrogens is 1. The number of benzene rings is 1. The molecule has 1 aromatic carbocycles. The van der Waals surface area contributed by atoms with E-state index in [4.69, 9.17) is 16.3 Å². The van der Waals surface area contributed by atoms with E-state index in [1.54, 1.807) is 12.1 Å². The molecule has 0 N–H and O–H groups in total. The van der Waals surface area contributed by atoms with E-state index in [2.05, 4.69) is 16.0 Å². The Balaban J connectivity index is 1.21. The molecule has 4 heterocycles. The minimum Gasteiger partial charge on any atom is -0.489 e. The van der Waals surface area contributed by atoms with Gasteiger partial charge in [-0.2, -0.15) is 0 Å². The minimum absolute atomic E-state index is 0.0701. The van der Waals surface area contributed by atoms with Crippen molar-refractivity contribution in [1.82, 2.24) is 14.8 Å². The Morgan fingerprint density at radius 1 is 1.18 bits per heavy atom. The van der Waals surface area contributed by atoms with Crippen molar-refractivity contribution in [3.05, 3.63) is 53.3 Å². The monoisotopic (exact) mass is 398 g/mol. The van der Waals surface area contributed by atoms with Gasteiger partial charge in [0.1, 0.15) is 12.4 Å². The summed E-state index contributed by atoms with van der Waals surface area (Å²) in [6.07, 6.45) is 2.98. The maximum absolute atomic E-state index is 13.1. The van der Waals surface area contributed by atoms with E-state index >= 15 is 0 Å². The Morgan fingerprint density at radius 3 is 2.89 bits per heavy atom. The van der Waals surface area contributed by atoms with Crippen LogP contribution >= 0.6 is 11.6 Å². The highest BCUT2D eigenvalue weighted by atomic mass is 35.5. The molecule has 2 fully saturated rings. The van der Waals surface area contributed by atoms with E-state index in [-0.39, 0.29) is 11.4 Å². The molecule has 2 aromatic rings. The van der Waals surface area contributed by atoms with Gasteiger partial charge in [0.2, 0.25) is 0 Å². The normalized spacial score (nSPS) is 20.6. The van der Waals surface area contributed by atoms with Crippen LogP contribution in [0.4, 0.5) is 10.5 Å². The molecular formula is C21H23ClN4O2. The van der Waals surface area contributed by atoms with Gasteiger partial charge in [0.05, 0.1) is 17.9 Å². The molecule has 1 aromatic heterocycles. The molecule has 0 aliphatic carbocycles. The first-order valence-corrected chi connectivity index (χ1v) is 10.1. The van der Waals surface area contributed by atoms with Crippen molar-refractivity contribution >= 4 is 23.3 Å². The Bertz CT molecular complexity index is 885. The first-order valence-electron chi connectivity index (χ1n) is 9.73. The lowest BCUT2D eigenvalue weighted by atomic mass is 9.79. The van der Waals surface area contributed by atoms with Gasteiger partial charge in [-0.1, -0.05) is 17.7 Å². The second-order valence-corrected chi connectivity index (χ2v) is 8.47. The van der Waals surface area contributed by atoms with Gasteiger partial charge in [-0.15, -0.1) is 0 Å². The van der Waals surface area contributed by atoms with Crippen LogP contribution in [0.25, 0.3) is 0 Å². The van der Waals surface area contributed by atoms with Gasteiger partial charge >= 0.3 is 6.03 Å². The Hall–Kier alpha value is -2.31. The van der Waals surface area contributed by atoms with Gasteiger partial charge in [0, 0.05) is 48.9 Å². The van der Waals surface area contributed by atoms with Crippen molar-refractivity contribution in [2.45, 2.75) is 13.0 Å². The first-order chi connectivity index (χ1) is 13.6. The molecule has 0 bridgehead atoms. The smallest absolute Gasteiger partial charge is 0.324 e. The number of likely N-dealkylation sites (tertiary alicyclic amines) is 2. The predicted molar refractivity (Wildman–Crippen MR) is 108 cm³/mol. The number of carbonyl (C=O) groups excluding carboxylic acids is 1. The summed E-state index contributed by atoms with van der Waals surface area (Å²) >= 11 is 6.06. The number of ether oxygens (including phenoxy) is 1. The third-order valence-electron chi connectivity index (χ3n) is 5.97. The van der Waals surface area contributed by atoms with Crippen LogP contribution in [0.3, 0.4) is 0 Å². The fourth-order valence-corrected chi connectivity index (χ4v) is 4.77. The molecule has 0 radical (unpaired) electrons. The number of hydrogen-bond acceptors (Lipinski definition) is 4. The molecule has 0 saturated carbocycles. The van der Waals surface area contributed by atoms with Gasteiger partial charge in [0.15, 0.2) is 0 Å². The van der Waals surface area contributed by atoms with Crippen LogP contribution < -0.4 is 9.64 Å². The molecule has 3 aliphatic rings. The number of anilines is 1. The molecule has 28 heavy (non-hydrogen) atoms. The zero-order valence-corrected chi connectivity index (χ0v) is 16.4. The second kappa shape index (κ2) is 6.94. The third kappa shape index (κ3) is 3.20. The molecule has 2 saturated heterocycles. The van der Waals surface area contributed by atoms with Crippen LogP contribution in [0.5, 0.6) is 5.75 Å². The van der Waals surface area contributed by atoms with Crippen LogP contribution in [-0.4, -0.2) is 60.1 Å². The predicted octanol–water partition coefficient (Wildman–Crippen LogP) is 3.26. The van der Waals surface area contributed by atoms with E-state index in [1.165, 1.54) is 0 Å². The third-order valence-corrected chi connectivity index (χ3v) is 6.20. The van der Waals surface area contributed by atoms with Crippen molar-refractivity contribution in [1.29, 1.82) is 0 Å². The van der Waals surface area contributed by atoms with Crippen molar-refractivity contribution in [3.8, 4) is 5.75 Å². The molecule has 7 heteroatoms. The number of rotatable bonds is 2. The summed E-state index contributed by atoms with van der Waals surface area (Å²) in [6.45, 7) is 5.70. The zero-order chi connectivity index (χ0) is 19.1. The summed E-state index contributed by atoms with van der Waals surface area (Å²) in [5.41, 5.74) is 2.15. The lowest BCUT2D eigenvalue weighted by Crippen LogP contribution is -2.63. The van der Waals surface area contributed by atoms with E-state index in [0.717, 1.165) is 50.5 Å². The van der Waals surface area contributed by atoms with Gasteiger partial charge < -0.3 is 9.64 Å². The number of amides is 2. The van der Waals surface area contributed by atoms with Crippen molar-refractivity contribution in [2.75, 3.05) is 44.2 Å². The summed E-state index contributed by atoms with van der Waals surface area (Å²) in [6, 6.07) is 11.6. The Labute approximate surface area is 169 Å². The average Bonchev–Trinajstić information content (AvgIpc) is 3.10. The van der Waals surface area contributed by atoms with E-state index < -0.39 is 0 Å². The van der Waals surface area contributed by atoms with Crippen molar-refractivity contribution in [2.24, 2.45) is 5.41 Å². The lowest BCUT2D eigenvalue weighted by molar-refractivity contribution is 0.0402. The van der Waals surface area contributed by atoms with Gasteiger partial charge in [-0.05, 0) is 37.2 Å². The standard InChI is InChI=1S/C21H23ClN4O2/c22-16-4-5-18-19(11-16)28-10-9-26(18)20(27)25-14-21(15-25)6-8-24(13-21)12-17-3-1-2-7-23-17/h1-5,7,11H,6,8-10,12-15H2. The van der Waals surface area contributed by atoms with Crippen LogP contribution in [0, 0.1) is 5.41 Å². The molecule has 1 spiro atoms. The second-order valence-electron chi connectivity index (χ2n) is 8.03. The maximum atomic E-state index is 13.1. The highest BCUT2D eigenvalue weighted by Gasteiger charge is 2.50. The fourth-order valence-electron chi connectivity index (χ4n) is 4.60. The van der Waals surface area contributed by atoms with E-state index in [1.807, 2.05) is 34.2 Å². The number of halogens is 1. The van der Waals surface area contributed by atoms with Gasteiger partial charge in [-0.25, -0.2) is 4.79 Å². The molecule has 5 rings (SSSR count). The zero-order valence-electron chi connectivity index (χ0n) is 15.7. The van der Waals surface area contributed by atoms with Crippen molar-refractivity contribution < 1.29 is 9.53 Å². The quantitative estimate of drug-likeness (QED) is 0.779. The Kier molecular flexibility index (Phi) is 4.40. The summed E-state index contributed by atoms with van der Waals surface area (Å²) in [5, 5.41) is 0.620. The summed E-state index contributed by atoms with van der Waals surface area (Å²) in [5.74, 6) is 0.685. The molecule has 146 valence electrons. The maximum Gasteiger partial charge on any atom is 0.324 e. The number of pyridine rings is 1. The minimum atomic E-state index is 0.0701. The fraction of sp³-hybridized carbons (Fsp3) is 0.429. The summed E-state index contributed by atoms with van der Waals surface area (Å²) in [7, 11) is 0. The molecular weight excluding hydrogens is 376 g/mol. The molecule has 2 amide bonds. The topological polar surface area (TPSA) is 48.9 Å². The van der Waals surface area contributed by atoms with Crippen LogP contribution in [-0.2, 0) is 6.54 Å². The number of nitrogens with zero attached hydrogens (tertiary/aromatic N) is 4. The molecule has 0 unspecified atom stereocenters. The van der Waals surface area contributed by atoms with E-state index in [0.29, 0.717) is 23.9 Å². The van der Waals surface area contributed by atoms with Crippen LogP contribution in [0.15, 0.2) is 42.6 Å². The summed E-state index contributed by atoms with van der Waals surface area (Å²) < 4.78 is 5.67. The Morgan fingerprint density at radius 2 is 2.07 bits per heavy atom. The van der Waals surface area contributed by atoms with Gasteiger partial charge in [0.25, 0.3) is 0 Å². The number of fused-ring (bicyclic) bond motifs is 1. The van der Waals surface area contributed by atoms with Crippen LogP contribution in [0.1, 0.15) is 12.1 Å². The SMILES string of the molecule is O=C(N1CC2(CCN(Cc3ccccn3)C2)C1)N1CCOc2cc(Cl)ccc21. The number of hydrogen-bond donors (Lipinski definition) is 0. The molecule has 6 nitrogen and oxygen atoms in total.